The largest absolute Gasteiger partial charge is 0.207 e. The first-order valence-electron chi connectivity index (χ1n) is 5.12. The molecule has 0 saturated carbocycles. The summed E-state index contributed by atoms with van der Waals surface area (Å²) in [6, 6.07) is 3.60. The third-order valence-electron chi connectivity index (χ3n) is 2.84. The highest BCUT2D eigenvalue weighted by molar-refractivity contribution is 5.39. The molecule has 0 fully saturated rings. The van der Waals surface area contributed by atoms with Gasteiger partial charge < -0.3 is 0 Å². The molecule has 2 rings (SSSR count). The minimum absolute atomic E-state index is 0.00681. The quantitative estimate of drug-likeness (QED) is 0.652. The van der Waals surface area contributed by atoms with Crippen LogP contribution in [0.2, 0.25) is 0 Å². The fourth-order valence-corrected chi connectivity index (χ4v) is 2.24. The van der Waals surface area contributed by atoms with Crippen molar-refractivity contribution in [2.75, 3.05) is 0 Å². The molecule has 0 spiro atoms. The average molecular weight is 178 g/mol. The maximum absolute atomic E-state index is 13.3. The number of hydrogen-bond donors (Lipinski definition) is 0. The van der Waals surface area contributed by atoms with E-state index in [0.29, 0.717) is 0 Å². The number of halogens is 1. The summed E-state index contributed by atoms with van der Waals surface area (Å²) >= 11 is 0. The summed E-state index contributed by atoms with van der Waals surface area (Å²) in [4.78, 5) is 0. The number of rotatable bonds is 2. The smallest absolute Gasteiger partial charge is 0.126 e. The van der Waals surface area contributed by atoms with Crippen molar-refractivity contribution in [3.63, 3.8) is 0 Å². The first-order valence-corrected chi connectivity index (χ1v) is 5.12. The highest BCUT2D eigenvalue weighted by Gasteiger charge is 2.17. The Morgan fingerprint density at radius 3 is 2.77 bits per heavy atom. The molecule has 13 heavy (non-hydrogen) atoms. The van der Waals surface area contributed by atoms with Gasteiger partial charge in [0.25, 0.3) is 0 Å². The van der Waals surface area contributed by atoms with Gasteiger partial charge >= 0.3 is 0 Å². The summed E-state index contributed by atoms with van der Waals surface area (Å²) in [5, 5.41) is 0. The zero-order valence-corrected chi connectivity index (χ0v) is 8.07. The Kier molecular flexibility index (Phi) is 2.34. The van der Waals surface area contributed by atoms with E-state index in [1.807, 2.05) is 6.07 Å². The summed E-state index contributed by atoms with van der Waals surface area (Å²) in [5.41, 5.74) is 3.67. The summed E-state index contributed by atoms with van der Waals surface area (Å²) in [5.74, 6) is 0.00681. The summed E-state index contributed by atoms with van der Waals surface area (Å²) < 4.78 is 13.3. The molecule has 0 bridgehead atoms. The molecule has 0 radical (unpaired) electrons. The molecule has 1 heteroatoms. The Bertz CT molecular complexity index is 315. The Labute approximate surface area is 78.8 Å². The van der Waals surface area contributed by atoms with Crippen LogP contribution in [0.15, 0.2) is 12.1 Å². The van der Waals surface area contributed by atoms with Gasteiger partial charge in [-0.15, -0.1) is 0 Å². The van der Waals surface area contributed by atoms with Crippen molar-refractivity contribution >= 4 is 0 Å². The third-order valence-corrected chi connectivity index (χ3v) is 2.84. The van der Waals surface area contributed by atoms with E-state index in [-0.39, 0.29) is 5.82 Å². The van der Waals surface area contributed by atoms with Gasteiger partial charge in [0, 0.05) is 0 Å². The fraction of sp³-hybridized carbons (Fsp3) is 0.500. The number of benzene rings is 1. The standard InChI is InChI=1S/C12H15F/c1-2-4-9-7-8-12(13)11-6-3-5-10(9)11/h7-8H,2-6H2,1H3. The van der Waals surface area contributed by atoms with Gasteiger partial charge in [-0.25, -0.2) is 4.39 Å². The van der Waals surface area contributed by atoms with Crippen molar-refractivity contribution in [2.24, 2.45) is 0 Å². The zero-order valence-electron chi connectivity index (χ0n) is 8.07. The maximum atomic E-state index is 13.3. The lowest BCUT2D eigenvalue weighted by Gasteiger charge is -2.07. The van der Waals surface area contributed by atoms with Crippen LogP contribution in [-0.4, -0.2) is 0 Å². The highest BCUT2D eigenvalue weighted by Crippen LogP contribution is 2.28. The normalized spacial score (nSPS) is 14.6. The van der Waals surface area contributed by atoms with Gasteiger partial charge in [0.1, 0.15) is 5.82 Å². The summed E-state index contributed by atoms with van der Waals surface area (Å²) in [7, 11) is 0. The van der Waals surface area contributed by atoms with Gasteiger partial charge in [0.15, 0.2) is 0 Å². The lowest BCUT2D eigenvalue weighted by molar-refractivity contribution is 0.611. The Morgan fingerprint density at radius 1 is 1.23 bits per heavy atom. The minimum atomic E-state index is 0.00681. The minimum Gasteiger partial charge on any atom is -0.207 e. The van der Waals surface area contributed by atoms with E-state index in [0.717, 1.165) is 37.7 Å². The average Bonchev–Trinajstić information content (AvgIpc) is 2.59. The number of aryl methyl sites for hydroxylation is 1. The van der Waals surface area contributed by atoms with Gasteiger partial charge in [0.2, 0.25) is 0 Å². The van der Waals surface area contributed by atoms with E-state index in [1.54, 1.807) is 6.07 Å². The second-order valence-electron chi connectivity index (χ2n) is 3.77. The predicted octanol–water partition coefficient (Wildman–Crippen LogP) is 3.27. The molecule has 1 aliphatic rings. The second kappa shape index (κ2) is 3.49. The first kappa shape index (κ1) is 8.74. The first-order chi connectivity index (χ1) is 6.33. The van der Waals surface area contributed by atoms with Crippen molar-refractivity contribution in [2.45, 2.75) is 39.0 Å². The molecule has 0 aliphatic heterocycles. The fourth-order valence-electron chi connectivity index (χ4n) is 2.24. The van der Waals surface area contributed by atoms with Crippen molar-refractivity contribution in [3.05, 3.63) is 34.6 Å². The van der Waals surface area contributed by atoms with Gasteiger partial charge in [-0.1, -0.05) is 19.4 Å². The number of fused-ring (bicyclic) bond motifs is 1. The molecule has 0 aromatic heterocycles. The van der Waals surface area contributed by atoms with E-state index in [9.17, 15) is 4.39 Å². The molecule has 0 heterocycles. The molecule has 0 saturated heterocycles. The van der Waals surface area contributed by atoms with E-state index in [2.05, 4.69) is 6.92 Å². The molecule has 0 N–H and O–H groups in total. The Morgan fingerprint density at radius 2 is 2.00 bits per heavy atom. The van der Waals surface area contributed by atoms with Gasteiger partial charge in [-0.3, -0.25) is 0 Å². The highest BCUT2D eigenvalue weighted by atomic mass is 19.1. The molecular formula is C12H15F. The summed E-state index contributed by atoms with van der Waals surface area (Å²) in [6.45, 7) is 2.17. The van der Waals surface area contributed by atoms with Crippen LogP contribution in [0.25, 0.3) is 0 Å². The molecule has 0 unspecified atom stereocenters. The predicted molar refractivity (Wildman–Crippen MR) is 52.4 cm³/mol. The van der Waals surface area contributed by atoms with Gasteiger partial charge in [0.05, 0.1) is 0 Å². The second-order valence-corrected chi connectivity index (χ2v) is 3.77. The van der Waals surface area contributed by atoms with Crippen LogP contribution in [0.4, 0.5) is 4.39 Å². The van der Waals surface area contributed by atoms with Crippen LogP contribution in [0.1, 0.15) is 36.5 Å². The molecule has 1 aromatic rings. The molecular weight excluding hydrogens is 163 g/mol. The van der Waals surface area contributed by atoms with Crippen molar-refractivity contribution in [1.29, 1.82) is 0 Å². The van der Waals surface area contributed by atoms with Crippen molar-refractivity contribution in [1.82, 2.24) is 0 Å². The van der Waals surface area contributed by atoms with E-state index in [4.69, 9.17) is 0 Å². The molecule has 0 amide bonds. The van der Waals surface area contributed by atoms with Crippen molar-refractivity contribution in [3.8, 4) is 0 Å². The molecule has 0 nitrogen and oxygen atoms in total. The lowest BCUT2D eigenvalue weighted by atomic mass is 9.99. The van der Waals surface area contributed by atoms with Crippen LogP contribution < -0.4 is 0 Å². The maximum Gasteiger partial charge on any atom is 0.126 e. The molecule has 1 aliphatic carbocycles. The Balaban J connectivity index is 2.43. The molecule has 70 valence electrons. The zero-order chi connectivity index (χ0) is 9.26. The van der Waals surface area contributed by atoms with E-state index in [1.165, 1.54) is 11.1 Å². The van der Waals surface area contributed by atoms with Crippen LogP contribution in [-0.2, 0) is 19.3 Å². The Hall–Kier alpha value is -0.850. The summed E-state index contributed by atoms with van der Waals surface area (Å²) in [6.07, 6.45) is 5.41. The topological polar surface area (TPSA) is 0 Å². The molecule has 1 aromatic carbocycles. The van der Waals surface area contributed by atoms with Crippen LogP contribution >= 0.6 is 0 Å². The SMILES string of the molecule is CCCc1ccc(F)c2c1CCC2. The monoisotopic (exact) mass is 178 g/mol. The lowest BCUT2D eigenvalue weighted by Crippen LogP contribution is -1.95. The van der Waals surface area contributed by atoms with Crippen LogP contribution in [0.5, 0.6) is 0 Å². The molecule has 0 atom stereocenters. The van der Waals surface area contributed by atoms with E-state index < -0.39 is 0 Å². The third kappa shape index (κ3) is 1.48. The van der Waals surface area contributed by atoms with Gasteiger partial charge in [-0.05, 0) is 48.4 Å². The van der Waals surface area contributed by atoms with E-state index >= 15 is 0 Å². The van der Waals surface area contributed by atoms with Crippen LogP contribution in [0, 0.1) is 5.82 Å². The number of hydrogen-bond acceptors (Lipinski definition) is 0. The van der Waals surface area contributed by atoms with Gasteiger partial charge in [-0.2, -0.15) is 0 Å². The van der Waals surface area contributed by atoms with Crippen molar-refractivity contribution < 1.29 is 4.39 Å². The van der Waals surface area contributed by atoms with Crippen LogP contribution in [0.3, 0.4) is 0 Å².